The van der Waals surface area contributed by atoms with E-state index in [1.54, 1.807) is 24.3 Å². The summed E-state index contributed by atoms with van der Waals surface area (Å²) >= 11 is 0. The van der Waals surface area contributed by atoms with E-state index in [0.717, 1.165) is 5.69 Å². The van der Waals surface area contributed by atoms with Crippen molar-refractivity contribution in [3.05, 3.63) is 24.3 Å². The second-order valence-electron chi connectivity index (χ2n) is 3.19. The van der Waals surface area contributed by atoms with Crippen molar-refractivity contribution in [3.8, 4) is 0 Å². The maximum absolute atomic E-state index is 9.00. The van der Waals surface area contributed by atoms with E-state index in [4.69, 9.17) is 15.9 Å². The number of nitrogen functional groups attached to an aromatic ring is 1. The molecule has 0 fully saturated rings. The fourth-order valence-electron chi connectivity index (χ4n) is 0.870. The molecule has 13 heavy (non-hydrogen) atoms. The zero-order valence-electron chi connectivity index (χ0n) is 7.49. The van der Waals surface area contributed by atoms with E-state index in [1.807, 2.05) is 0 Å². The summed E-state index contributed by atoms with van der Waals surface area (Å²) in [5.41, 5.74) is 6.97. The van der Waals surface area contributed by atoms with Gasteiger partial charge in [0.2, 0.25) is 0 Å². The van der Waals surface area contributed by atoms with E-state index in [9.17, 15) is 0 Å². The van der Waals surface area contributed by atoms with E-state index >= 15 is 0 Å². The number of benzene rings is 1. The first-order valence-electron chi connectivity index (χ1n) is 4.01. The Morgan fingerprint density at radius 1 is 1.31 bits per heavy atom. The Kier molecular flexibility index (Phi) is 2.75. The Morgan fingerprint density at radius 3 is 2.31 bits per heavy atom. The smallest absolute Gasteiger partial charge is 0.177 e. The lowest BCUT2D eigenvalue weighted by molar-refractivity contribution is -0.131. The van der Waals surface area contributed by atoms with Gasteiger partial charge in [0.15, 0.2) is 5.79 Å². The molecule has 0 atom stereocenters. The molecule has 0 saturated heterocycles. The normalized spacial score (nSPS) is 11.3. The van der Waals surface area contributed by atoms with Crippen molar-refractivity contribution in [2.75, 3.05) is 17.6 Å². The fourth-order valence-corrected chi connectivity index (χ4v) is 0.870. The summed E-state index contributed by atoms with van der Waals surface area (Å²) in [5, 5.41) is 20.9. The maximum Gasteiger partial charge on any atom is 0.177 e. The number of hydrogen-bond acceptors (Lipinski definition) is 4. The molecule has 0 unspecified atom stereocenters. The molecular formula is C9H14N2O2. The molecule has 0 saturated carbocycles. The summed E-state index contributed by atoms with van der Waals surface area (Å²) in [6.07, 6.45) is 0. The van der Waals surface area contributed by atoms with E-state index in [1.165, 1.54) is 6.92 Å². The van der Waals surface area contributed by atoms with Crippen molar-refractivity contribution in [3.63, 3.8) is 0 Å². The largest absolute Gasteiger partial charge is 0.399 e. The van der Waals surface area contributed by atoms with Gasteiger partial charge in [-0.25, -0.2) is 0 Å². The lowest BCUT2D eigenvalue weighted by atomic mass is 10.2. The topological polar surface area (TPSA) is 78.5 Å². The van der Waals surface area contributed by atoms with E-state index in [0.29, 0.717) is 5.69 Å². The van der Waals surface area contributed by atoms with E-state index in [-0.39, 0.29) is 6.54 Å². The lowest BCUT2D eigenvalue weighted by Crippen LogP contribution is -2.32. The van der Waals surface area contributed by atoms with Gasteiger partial charge in [-0.2, -0.15) is 0 Å². The highest BCUT2D eigenvalue weighted by atomic mass is 16.5. The monoisotopic (exact) mass is 182 g/mol. The second-order valence-corrected chi connectivity index (χ2v) is 3.19. The van der Waals surface area contributed by atoms with Crippen LogP contribution in [0, 0.1) is 0 Å². The Bertz CT molecular complexity index is 264. The van der Waals surface area contributed by atoms with Gasteiger partial charge in [0.25, 0.3) is 0 Å². The molecule has 0 bridgehead atoms. The Hall–Kier alpha value is -1.26. The minimum Gasteiger partial charge on any atom is -0.399 e. The second kappa shape index (κ2) is 3.64. The Balaban J connectivity index is 2.51. The van der Waals surface area contributed by atoms with Gasteiger partial charge in [-0.1, -0.05) is 0 Å². The molecule has 1 aromatic carbocycles. The number of anilines is 2. The van der Waals surface area contributed by atoms with Crippen LogP contribution in [0.25, 0.3) is 0 Å². The summed E-state index contributed by atoms with van der Waals surface area (Å²) in [5.74, 6) is -1.69. The minimum absolute atomic E-state index is 0.0803. The van der Waals surface area contributed by atoms with Crippen LogP contribution in [0.5, 0.6) is 0 Å². The number of aliphatic hydroxyl groups is 2. The average Bonchev–Trinajstić information content (AvgIpc) is 2.02. The molecular weight excluding hydrogens is 168 g/mol. The molecule has 0 spiro atoms. The highest BCUT2D eigenvalue weighted by Gasteiger charge is 2.13. The summed E-state index contributed by atoms with van der Waals surface area (Å²) in [4.78, 5) is 0. The predicted molar refractivity (Wildman–Crippen MR) is 52.2 cm³/mol. The van der Waals surface area contributed by atoms with Gasteiger partial charge in [-0.05, 0) is 31.2 Å². The van der Waals surface area contributed by atoms with E-state index in [2.05, 4.69) is 5.32 Å². The van der Waals surface area contributed by atoms with Crippen molar-refractivity contribution in [2.24, 2.45) is 0 Å². The fraction of sp³-hybridized carbons (Fsp3) is 0.333. The Labute approximate surface area is 77.0 Å². The van der Waals surface area contributed by atoms with Crippen LogP contribution in [0.3, 0.4) is 0 Å². The third-order valence-corrected chi connectivity index (χ3v) is 1.54. The van der Waals surface area contributed by atoms with Crippen molar-refractivity contribution in [1.29, 1.82) is 0 Å². The summed E-state index contributed by atoms with van der Waals surface area (Å²) in [6.45, 7) is 1.40. The third-order valence-electron chi connectivity index (χ3n) is 1.54. The number of hydrogen-bond donors (Lipinski definition) is 4. The number of nitrogens with one attached hydrogen (secondary N) is 1. The maximum atomic E-state index is 9.00. The van der Waals surface area contributed by atoms with E-state index < -0.39 is 5.79 Å². The molecule has 0 radical (unpaired) electrons. The molecule has 1 aromatic rings. The molecule has 4 heteroatoms. The SMILES string of the molecule is CC(O)(O)CNc1ccc(N)cc1. The first-order chi connectivity index (χ1) is 5.97. The lowest BCUT2D eigenvalue weighted by Gasteiger charge is -2.17. The molecule has 0 aliphatic heterocycles. The third kappa shape index (κ3) is 3.78. The van der Waals surface area contributed by atoms with Crippen LogP contribution in [-0.2, 0) is 0 Å². The van der Waals surface area contributed by atoms with Gasteiger partial charge in [0.1, 0.15) is 0 Å². The van der Waals surface area contributed by atoms with Crippen LogP contribution in [0.15, 0.2) is 24.3 Å². The van der Waals surface area contributed by atoms with Crippen LogP contribution < -0.4 is 11.1 Å². The molecule has 0 aromatic heterocycles. The first-order valence-corrected chi connectivity index (χ1v) is 4.01. The van der Waals surface area contributed by atoms with Gasteiger partial charge in [-0.15, -0.1) is 0 Å². The summed E-state index contributed by atoms with van der Waals surface area (Å²) in [7, 11) is 0. The van der Waals surface area contributed by atoms with Crippen molar-refractivity contribution in [2.45, 2.75) is 12.7 Å². The van der Waals surface area contributed by atoms with Crippen LogP contribution in [0.2, 0.25) is 0 Å². The molecule has 0 amide bonds. The van der Waals surface area contributed by atoms with Crippen molar-refractivity contribution in [1.82, 2.24) is 0 Å². The van der Waals surface area contributed by atoms with Crippen LogP contribution >= 0.6 is 0 Å². The van der Waals surface area contributed by atoms with Gasteiger partial charge in [0, 0.05) is 11.4 Å². The first kappa shape index (κ1) is 9.83. The molecule has 0 aliphatic carbocycles. The van der Waals surface area contributed by atoms with Crippen LogP contribution in [0.1, 0.15) is 6.92 Å². The average molecular weight is 182 g/mol. The minimum atomic E-state index is -1.69. The quantitative estimate of drug-likeness (QED) is 0.402. The number of rotatable bonds is 3. The van der Waals surface area contributed by atoms with Crippen molar-refractivity contribution >= 4 is 11.4 Å². The molecule has 0 heterocycles. The molecule has 72 valence electrons. The highest BCUT2D eigenvalue weighted by molar-refractivity contribution is 5.51. The predicted octanol–water partition coefficient (Wildman–Crippen LogP) is 0.382. The van der Waals surface area contributed by atoms with Gasteiger partial charge in [0.05, 0.1) is 6.54 Å². The van der Waals surface area contributed by atoms with Gasteiger partial charge >= 0.3 is 0 Å². The Morgan fingerprint density at radius 2 is 1.85 bits per heavy atom. The van der Waals surface area contributed by atoms with Gasteiger partial charge in [-0.3, -0.25) is 0 Å². The zero-order valence-corrected chi connectivity index (χ0v) is 7.49. The van der Waals surface area contributed by atoms with Gasteiger partial charge < -0.3 is 21.3 Å². The zero-order chi connectivity index (χ0) is 9.90. The molecule has 1 rings (SSSR count). The summed E-state index contributed by atoms with van der Waals surface area (Å²) in [6, 6.07) is 7.05. The van der Waals surface area contributed by atoms with Crippen molar-refractivity contribution < 1.29 is 10.2 Å². The highest BCUT2D eigenvalue weighted by Crippen LogP contribution is 2.11. The van der Waals surface area contributed by atoms with Crippen LogP contribution in [0.4, 0.5) is 11.4 Å². The molecule has 4 nitrogen and oxygen atoms in total. The molecule has 0 aliphatic rings. The van der Waals surface area contributed by atoms with Crippen LogP contribution in [-0.4, -0.2) is 22.5 Å². The summed E-state index contributed by atoms with van der Waals surface area (Å²) < 4.78 is 0. The number of nitrogens with two attached hydrogens (primary N) is 1. The standard InChI is InChI=1S/C9H14N2O2/c1-9(12,13)6-11-8-4-2-7(10)3-5-8/h2-5,11-13H,6,10H2,1H3. The molecule has 5 N–H and O–H groups in total.